The Morgan fingerprint density at radius 2 is 1.96 bits per heavy atom. The maximum atomic E-state index is 12.1. The Balaban J connectivity index is 1.84. The lowest BCUT2D eigenvalue weighted by atomic mass is 10.00. The number of hydrogen-bond acceptors (Lipinski definition) is 4. The first kappa shape index (κ1) is 17.5. The van der Waals surface area contributed by atoms with E-state index >= 15 is 0 Å². The zero-order valence-electron chi connectivity index (χ0n) is 14.1. The van der Waals surface area contributed by atoms with Gasteiger partial charge in [-0.05, 0) is 30.4 Å². The Bertz CT molecular complexity index is 636. The normalized spacial score (nSPS) is 12.4. The molecule has 0 radical (unpaired) electrons. The monoisotopic (exact) mass is 332 g/mol. The van der Waals surface area contributed by atoms with Crippen LogP contribution in [0.1, 0.15) is 37.9 Å². The number of nitrogens with zero attached hydrogens (tertiary/aromatic N) is 3. The van der Waals surface area contributed by atoms with E-state index in [-0.39, 0.29) is 11.9 Å². The number of aryl methyl sites for hydroxylation is 1. The second-order valence-electron chi connectivity index (χ2n) is 6.14. The molecule has 0 bridgehead atoms. The number of rotatable bonds is 7. The predicted octanol–water partition coefficient (Wildman–Crippen LogP) is 2.98. The summed E-state index contributed by atoms with van der Waals surface area (Å²) in [4.78, 5) is 12.1. The van der Waals surface area contributed by atoms with Gasteiger partial charge in [0, 0.05) is 7.05 Å². The van der Waals surface area contributed by atoms with Crippen LogP contribution in [0.15, 0.2) is 35.7 Å². The molecule has 0 spiro atoms. The minimum Gasteiger partial charge on any atom is -0.349 e. The molecule has 0 fully saturated rings. The average molecular weight is 332 g/mol. The van der Waals surface area contributed by atoms with Crippen LogP contribution in [0.5, 0.6) is 0 Å². The first-order valence-electron chi connectivity index (χ1n) is 7.80. The molecule has 23 heavy (non-hydrogen) atoms. The van der Waals surface area contributed by atoms with Crippen LogP contribution in [-0.2, 0) is 18.3 Å². The Hall–Kier alpha value is -1.82. The molecule has 0 aliphatic rings. The lowest BCUT2D eigenvalue weighted by Gasteiger charge is -2.15. The summed E-state index contributed by atoms with van der Waals surface area (Å²) >= 11 is 1.39. The molecule has 1 amide bonds. The quantitative estimate of drug-likeness (QED) is 0.792. The van der Waals surface area contributed by atoms with Crippen molar-refractivity contribution < 1.29 is 4.79 Å². The van der Waals surface area contributed by atoms with E-state index in [1.165, 1.54) is 17.3 Å². The molecule has 1 unspecified atom stereocenters. The molecule has 6 heteroatoms. The van der Waals surface area contributed by atoms with E-state index in [4.69, 9.17) is 0 Å². The van der Waals surface area contributed by atoms with Gasteiger partial charge >= 0.3 is 0 Å². The van der Waals surface area contributed by atoms with Crippen LogP contribution in [0.3, 0.4) is 0 Å². The number of hydrogen-bond donors (Lipinski definition) is 1. The second-order valence-corrected chi connectivity index (χ2v) is 7.08. The van der Waals surface area contributed by atoms with Crippen molar-refractivity contribution in [1.82, 2.24) is 20.1 Å². The van der Waals surface area contributed by atoms with Crippen LogP contribution in [0.25, 0.3) is 0 Å². The average Bonchev–Trinajstić information content (AvgIpc) is 2.90. The molecule has 1 atom stereocenters. The molecule has 124 valence electrons. The fourth-order valence-corrected chi connectivity index (χ4v) is 3.01. The van der Waals surface area contributed by atoms with Crippen molar-refractivity contribution in [1.29, 1.82) is 0 Å². The maximum Gasteiger partial charge on any atom is 0.230 e. The third kappa shape index (κ3) is 5.39. The third-order valence-corrected chi connectivity index (χ3v) is 4.54. The number of aromatic nitrogens is 3. The molecular formula is C17H24N4OS. The van der Waals surface area contributed by atoms with E-state index in [0.717, 1.165) is 17.1 Å². The topological polar surface area (TPSA) is 59.8 Å². The summed E-state index contributed by atoms with van der Waals surface area (Å²) in [7, 11) is 1.86. The highest BCUT2D eigenvalue weighted by atomic mass is 32.2. The van der Waals surface area contributed by atoms with Gasteiger partial charge in [-0.25, -0.2) is 0 Å². The summed E-state index contributed by atoms with van der Waals surface area (Å²) < 4.78 is 1.80. The van der Waals surface area contributed by atoms with E-state index in [9.17, 15) is 4.79 Å². The van der Waals surface area contributed by atoms with E-state index in [1.807, 2.05) is 14.0 Å². The van der Waals surface area contributed by atoms with E-state index in [0.29, 0.717) is 11.7 Å². The van der Waals surface area contributed by atoms with Crippen LogP contribution < -0.4 is 5.32 Å². The van der Waals surface area contributed by atoms with Crippen LogP contribution in [0.4, 0.5) is 0 Å². The summed E-state index contributed by atoms with van der Waals surface area (Å²) in [5.41, 5.74) is 2.45. The van der Waals surface area contributed by atoms with Crippen molar-refractivity contribution in [2.75, 3.05) is 5.75 Å². The number of carbonyl (C=O) groups is 1. The molecule has 2 rings (SSSR count). The summed E-state index contributed by atoms with van der Waals surface area (Å²) in [5.74, 6) is 0.981. The molecule has 1 aromatic carbocycles. The summed E-state index contributed by atoms with van der Waals surface area (Å²) in [5, 5.41) is 11.5. The number of carbonyl (C=O) groups excluding carboxylic acids is 1. The lowest BCUT2D eigenvalue weighted by Crippen LogP contribution is -2.28. The van der Waals surface area contributed by atoms with Gasteiger partial charge in [-0.3, -0.25) is 4.79 Å². The van der Waals surface area contributed by atoms with Gasteiger partial charge in [0.15, 0.2) is 5.16 Å². The number of amides is 1. The summed E-state index contributed by atoms with van der Waals surface area (Å²) in [6, 6.07) is 8.48. The minimum atomic E-state index is -0.00398. The Labute approximate surface area is 141 Å². The molecule has 0 saturated heterocycles. The summed E-state index contributed by atoms with van der Waals surface area (Å²) in [6.45, 7) is 6.43. The van der Waals surface area contributed by atoms with Crippen LogP contribution in [0.2, 0.25) is 0 Å². The fourth-order valence-electron chi connectivity index (χ4n) is 2.31. The summed E-state index contributed by atoms with van der Waals surface area (Å²) in [6.07, 6.45) is 2.71. The van der Waals surface area contributed by atoms with Crippen molar-refractivity contribution in [3.05, 3.63) is 41.7 Å². The van der Waals surface area contributed by atoms with E-state index in [1.54, 1.807) is 10.9 Å². The Kier molecular flexibility index (Phi) is 6.21. The van der Waals surface area contributed by atoms with Crippen molar-refractivity contribution in [2.45, 2.75) is 38.4 Å². The van der Waals surface area contributed by atoms with Gasteiger partial charge < -0.3 is 9.88 Å². The standard InChI is InChI=1S/C17H24N4OS/c1-12(2)9-14-5-7-15(8-6-14)13(3)19-16(22)10-23-17-20-18-11-21(17)4/h5-8,11-13H,9-10H2,1-4H3,(H,19,22). The molecular weight excluding hydrogens is 308 g/mol. The molecule has 0 aliphatic carbocycles. The van der Waals surface area contributed by atoms with Gasteiger partial charge in [-0.1, -0.05) is 49.9 Å². The third-order valence-electron chi connectivity index (χ3n) is 3.50. The number of benzene rings is 1. The molecule has 1 aromatic heterocycles. The molecule has 5 nitrogen and oxygen atoms in total. The van der Waals surface area contributed by atoms with Crippen molar-refractivity contribution >= 4 is 17.7 Å². The van der Waals surface area contributed by atoms with Crippen molar-refractivity contribution in [3.8, 4) is 0 Å². The van der Waals surface area contributed by atoms with Crippen LogP contribution >= 0.6 is 11.8 Å². The Morgan fingerprint density at radius 1 is 1.26 bits per heavy atom. The van der Waals surface area contributed by atoms with Crippen LogP contribution in [-0.4, -0.2) is 26.4 Å². The van der Waals surface area contributed by atoms with Crippen molar-refractivity contribution in [3.63, 3.8) is 0 Å². The second kappa shape index (κ2) is 8.15. The molecule has 0 aliphatic heterocycles. The smallest absolute Gasteiger partial charge is 0.230 e. The Morgan fingerprint density at radius 3 is 2.52 bits per heavy atom. The lowest BCUT2D eigenvalue weighted by molar-refractivity contribution is -0.119. The highest BCUT2D eigenvalue weighted by Crippen LogP contribution is 2.17. The largest absolute Gasteiger partial charge is 0.349 e. The molecule has 1 heterocycles. The van der Waals surface area contributed by atoms with Crippen LogP contribution in [0, 0.1) is 5.92 Å². The minimum absolute atomic E-state index is 0.00300. The number of nitrogens with one attached hydrogen (secondary N) is 1. The van der Waals surface area contributed by atoms with Gasteiger partial charge in [-0.2, -0.15) is 0 Å². The zero-order chi connectivity index (χ0) is 16.8. The fraction of sp³-hybridized carbons (Fsp3) is 0.471. The first-order chi connectivity index (χ1) is 11.0. The molecule has 0 saturated carbocycles. The molecule has 2 aromatic rings. The predicted molar refractivity (Wildman–Crippen MR) is 93.3 cm³/mol. The van der Waals surface area contributed by atoms with Crippen molar-refractivity contribution in [2.24, 2.45) is 13.0 Å². The molecule has 1 N–H and O–H groups in total. The van der Waals surface area contributed by atoms with Gasteiger partial charge in [-0.15, -0.1) is 10.2 Å². The van der Waals surface area contributed by atoms with E-state index < -0.39 is 0 Å². The highest BCUT2D eigenvalue weighted by molar-refractivity contribution is 7.99. The van der Waals surface area contributed by atoms with Gasteiger partial charge in [0.25, 0.3) is 0 Å². The first-order valence-corrected chi connectivity index (χ1v) is 8.79. The SMILES string of the molecule is CC(C)Cc1ccc(C(C)NC(=O)CSc2nncn2C)cc1. The van der Waals surface area contributed by atoms with Gasteiger partial charge in [0.1, 0.15) is 6.33 Å². The van der Waals surface area contributed by atoms with Gasteiger partial charge in [0.2, 0.25) is 5.91 Å². The number of thioether (sulfide) groups is 1. The van der Waals surface area contributed by atoms with E-state index in [2.05, 4.69) is 53.6 Å². The zero-order valence-corrected chi connectivity index (χ0v) is 14.9. The van der Waals surface area contributed by atoms with Gasteiger partial charge in [0.05, 0.1) is 11.8 Å². The highest BCUT2D eigenvalue weighted by Gasteiger charge is 2.11. The maximum absolute atomic E-state index is 12.1.